The smallest absolute Gasteiger partial charge is 0.172 e. The number of nitrogens with one attached hydrogen (secondary N) is 1. The monoisotopic (exact) mass is 246 g/mol. The lowest BCUT2D eigenvalue weighted by Gasteiger charge is -2.07. The minimum absolute atomic E-state index is 0.0987. The molecule has 0 aliphatic carbocycles. The first kappa shape index (κ1) is 11.7. The number of benzene rings is 1. The van der Waals surface area contributed by atoms with E-state index >= 15 is 0 Å². The molecule has 0 radical (unpaired) electrons. The largest absolute Gasteiger partial charge is 0.384 e. The summed E-state index contributed by atoms with van der Waals surface area (Å²) in [5.41, 5.74) is 7.31. The number of nitrogens with two attached hydrogens (primary N) is 1. The fourth-order valence-electron chi connectivity index (χ4n) is 1.48. The first-order chi connectivity index (χ1) is 8.08. The molecule has 3 N–H and O–H groups in total. The van der Waals surface area contributed by atoms with Gasteiger partial charge in [0.05, 0.1) is 0 Å². The fraction of sp³-hybridized carbons (Fsp3) is 0.167. The molecule has 2 aromatic rings. The van der Waals surface area contributed by atoms with Crippen molar-refractivity contribution in [3.05, 3.63) is 41.7 Å². The lowest BCUT2D eigenvalue weighted by molar-refractivity contribution is 0.790. The van der Waals surface area contributed by atoms with Crippen LogP contribution >= 0.6 is 11.8 Å². The third kappa shape index (κ3) is 2.50. The van der Waals surface area contributed by atoms with Crippen molar-refractivity contribution in [2.75, 3.05) is 0 Å². The molecule has 1 aromatic heterocycles. The maximum absolute atomic E-state index is 7.39. The van der Waals surface area contributed by atoms with Crippen LogP contribution in [0.1, 0.15) is 11.1 Å². The predicted octanol–water partition coefficient (Wildman–Crippen LogP) is 2.16. The van der Waals surface area contributed by atoms with Crippen molar-refractivity contribution in [2.45, 2.75) is 17.0 Å². The molecule has 17 heavy (non-hydrogen) atoms. The first-order valence-electron chi connectivity index (χ1n) is 5.18. The Kier molecular flexibility index (Phi) is 3.19. The van der Waals surface area contributed by atoms with Crippen molar-refractivity contribution in [3.8, 4) is 0 Å². The van der Waals surface area contributed by atoms with E-state index in [2.05, 4.69) is 4.98 Å². The Morgan fingerprint density at radius 2 is 2.24 bits per heavy atom. The summed E-state index contributed by atoms with van der Waals surface area (Å²) in [6.45, 7) is 2.01. The quantitative estimate of drug-likeness (QED) is 0.644. The Morgan fingerprint density at radius 3 is 2.76 bits per heavy atom. The van der Waals surface area contributed by atoms with Crippen LogP contribution in [0.2, 0.25) is 0 Å². The molecule has 0 aliphatic heterocycles. The van der Waals surface area contributed by atoms with Gasteiger partial charge in [-0.05, 0) is 24.6 Å². The number of hydrogen-bond donors (Lipinski definition) is 2. The molecule has 0 amide bonds. The van der Waals surface area contributed by atoms with Gasteiger partial charge in [0.25, 0.3) is 0 Å². The highest BCUT2D eigenvalue weighted by atomic mass is 32.2. The molecule has 0 aliphatic rings. The average molecular weight is 246 g/mol. The Labute approximate surface area is 104 Å². The van der Waals surface area contributed by atoms with E-state index in [1.165, 1.54) is 0 Å². The molecule has 2 rings (SSSR count). The van der Waals surface area contributed by atoms with Crippen LogP contribution in [0.15, 0.2) is 40.6 Å². The van der Waals surface area contributed by atoms with Crippen molar-refractivity contribution in [1.29, 1.82) is 5.41 Å². The minimum Gasteiger partial charge on any atom is -0.384 e. The van der Waals surface area contributed by atoms with Gasteiger partial charge in [0.2, 0.25) is 0 Å². The van der Waals surface area contributed by atoms with Gasteiger partial charge in [-0.25, -0.2) is 4.98 Å². The first-order valence-corrected chi connectivity index (χ1v) is 6.00. The fourth-order valence-corrected chi connectivity index (χ4v) is 2.35. The van der Waals surface area contributed by atoms with Gasteiger partial charge in [-0.1, -0.05) is 17.8 Å². The van der Waals surface area contributed by atoms with Gasteiger partial charge in [-0.2, -0.15) is 0 Å². The summed E-state index contributed by atoms with van der Waals surface area (Å²) in [7, 11) is 1.97. The van der Waals surface area contributed by atoms with Crippen LogP contribution in [0, 0.1) is 12.3 Å². The van der Waals surface area contributed by atoms with Gasteiger partial charge in [-0.15, -0.1) is 0 Å². The van der Waals surface area contributed by atoms with Crippen molar-refractivity contribution < 1.29 is 0 Å². The summed E-state index contributed by atoms with van der Waals surface area (Å²) in [6, 6.07) is 5.76. The van der Waals surface area contributed by atoms with E-state index in [9.17, 15) is 0 Å². The van der Waals surface area contributed by atoms with Crippen molar-refractivity contribution in [1.82, 2.24) is 9.55 Å². The summed E-state index contributed by atoms with van der Waals surface area (Å²) >= 11 is 1.61. The molecule has 5 heteroatoms. The molecule has 88 valence electrons. The second-order valence-corrected chi connectivity index (χ2v) is 4.83. The van der Waals surface area contributed by atoms with E-state index in [1.807, 2.05) is 42.9 Å². The highest BCUT2D eigenvalue weighted by molar-refractivity contribution is 7.99. The van der Waals surface area contributed by atoms with E-state index in [-0.39, 0.29) is 5.84 Å². The van der Waals surface area contributed by atoms with Crippen molar-refractivity contribution in [2.24, 2.45) is 12.8 Å². The Morgan fingerprint density at radius 1 is 1.47 bits per heavy atom. The summed E-state index contributed by atoms with van der Waals surface area (Å²) < 4.78 is 1.98. The standard InChI is InChI=1S/C12H14N4S/c1-8-7-9(11(13)14)3-4-10(8)17-12-15-5-6-16(12)2/h3-7H,1-2H3,(H3,13,14). The van der Waals surface area contributed by atoms with Gasteiger partial charge in [0.1, 0.15) is 5.84 Å². The van der Waals surface area contributed by atoms with Crippen LogP contribution in [0.3, 0.4) is 0 Å². The number of hydrogen-bond acceptors (Lipinski definition) is 3. The third-order valence-electron chi connectivity index (χ3n) is 2.46. The van der Waals surface area contributed by atoms with Gasteiger partial charge in [-0.3, -0.25) is 5.41 Å². The lowest BCUT2D eigenvalue weighted by Crippen LogP contribution is -2.11. The molecule has 0 unspecified atom stereocenters. The maximum atomic E-state index is 7.39. The molecule has 4 nitrogen and oxygen atoms in total. The van der Waals surface area contributed by atoms with Gasteiger partial charge in [0, 0.05) is 29.9 Å². The Balaban J connectivity index is 2.29. The summed E-state index contributed by atoms with van der Waals surface area (Å²) in [5.74, 6) is 0.0987. The number of aryl methyl sites for hydroxylation is 2. The van der Waals surface area contributed by atoms with Crippen LogP contribution in [0.5, 0.6) is 0 Å². The number of imidazole rings is 1. The predicted molar refractivity (Wildman–Crippen MR) is 69.5 cm³/mol. The molecular weight excluding hydrogens is 232 g/mol. The van der Waals surface area contributed by atoms with Crippen molar-refractivity contribution >= 4 is 17.6 Å². The minimum atomic E-state index is 0.0987. The lowest BCUT2D eigenvalue weighted by atomic mass is 10.1. The third-order valence-corrected chi connectivity index (χ3v) is 3.72. The molecule has 1 heterocycles. The van der Waals surface area contributed by atoms with E-state index < -0.39 is 0 Å². The molecule has 0 bridgehead atoms. The molecular formula is C12H14N4S. The molecule has 0 saturated heterocycles. The number of rotatable bonds is 3. The average Bonchev–Trinajstić information content (AvgIpc) is 2.67. The second-order valence-electron chi connectivity index (χ2n) is 3.82. The summed E-state index contributed by atoms with van der Waals surface area (Å²) in [6.07, 6.45) is 3.70. The second kappa shape index (κ2) is 4.63. The number of amidine groups is 1. The van der Waals surface area contributed by atoms with Crippen LogP contribution < -0.4 is 5.73 Å². The zero-order valence-electron chi connectivity index (χ0n) is 9.77. The molecule has 1 aromatic carbocycles. The van der Waals surface area contributed by atoms with Gasteiger partial charge < -0.3 is 10.3 Å². The topological polar surface area (TPSA) is 67.7 Å². The molecule has 0 spiro atoms. The highest BCUT2D eigenvalue weighted by Crippen LogP contribution is 2.29. The van der Waals surface area contributed by atoms with Crippen LogP contribution in [-0.4, -0.2) is 15.4 Å². The SMILES string of the molecule is Cc1cc(C(=N)N)ccc1Sc1nccn1C. The molecule has 0 fully saturated rings. The van der Waals surface area contributed by atoms with Gasteiger partial charge >= 0.3 is 0 Å². The van der Waals surface area contributed by atoms with Crippen LogP contribution in [0.4, 0.5) is 0 Å². The zero-order chi connectivity index (χ0) is 12.4. The van der Waals surface area contributed by atoms with Crippen LogP contribution in [0.25, 0.3) is 0 Å². The summed E-state index contributed by atoms with van der Waals surface area (Å²) in [4.78, 5) is 5.40. The highest BCUT2D eigenvalue weighted by Gasteiger charge is 2.06. The zero-order valence-corrected chi connectivity index (χ0v) is 10.6. The van der Waals surface area contributed by atoms with E-state index in [0.29, 0.717) is 0 Å². The molecule has 0 saturated carbocycles. The normalized spacial score (nSPS) is 10.5. The van der Waals surface area contributed by atoms with E-state index in [1.54, 1.807) is 18.0 Å². The van der Waals surface area contributed by atoms with E-state index in [4.69, 9.17) is 11.1 Å². The number of nitrogens with zero attached hydrogens (tertiary/aromatic N) is 2. The van der Waals surface area contributed by atoms with Gasteiger partial charge in [0.15, 0.2) is 5.16 Å². The Bertz CT molecular complexity index is 559. The number of nitrogen functional groups attached to an aromatic ring is 1. The Hall–Kier alpha value is -1.75. The van der Waals surface area contributed by atoms with Crippen molar-refractivity contribution in [3.63, 3.8) is 0 Å². The van der Waals surface area contributed by atoms with E-state index in [0.717, 1.165) is 21.2 Å². The maximum Gasteiger partial charge on any atom is 0.172 e. The molecule has 0 atom stereocenters. The summed E-state index contributed by atoms with van der Waals surface area (Å²) in [5, 5.41) is 8.34. The number of aromatic nitrogens is 2. The van der Waals surface area contributed by atoms with Crippen LogP contribution in [-0.2, 0) is 7.05 Å².